The predicted molar refractivity (Wildman–Crippen MR) is 215 cm³/mol. The molecule has 51 heavy (non-hydrogen) atoms. The van der Waals surface area contributed by atoms with Gasteiger partial charge in [-0.2, -0.15) is 0 Å². The van der Waals surface area contributed by atoms with E-state index in [-0.39, 0.29) is 18.5 Å². The van der Waals surface area contributed by atoms with Crippen molar-refractivity contribution in [2.75, 3.05) is 0 Å². The summed E-state index contributed by atoms with van der Waals surface area (Å²) < 4.78 is 11.6. The highest BCUT2D eigenvalue weighted by Gasteiger charge is 2.31. The number of para-hydroxylation sites is 2. The summed E-state index contributed by atoms with van der Waals surface area (Å²) >= 11 is 3.73. The molecule has 4 heterocycles. The van der Waals surface area contributed by atoms with Crippen LogP contribution in [0.15, 0.2) is 156 Å². The van der Waals surface area contributed by atoms with Crippen molar-refractivity contribution in [2.24, 2.45) is 0 Å². The summed E-state index contributed by atoms with van der Waals surface area (Å²) in [7, 11) is 0. The molecule has 3 N–H and O–H groups in total. The first-order valence-corrected chi connectivity index (χ1v) is 19.0. The van der Waals surface area contributed by atoms with Gasteiger partial charge in [-0.25, -0.2) is 0 Å². The predicted octanol–water partition coefficient (Wildman–Crippen LogP) is 12.2. The monoisotopic (exact) mass is 693 g/mol. The number of hydrogen-bond acceptors (Lipinski definition) is 6. The fourth-order valence-electron chi connectivity index (χ4n) is 7.97. The molecule has 244 valence electrons. The van der Waals surface area contributed by atoms with Crippen molar-refractivity contribution in [3.63, 3.8) is 0 Å². The van der Waals surface area contributed by atoms with Gasteiger partial charge in [0.05, 0.1) is 18.5 Å². The van der Waals surface area contributed by atoms with E-state index in [1.54, 1.807) is 0 Å². The van der Waals surface area contributed by atoms with E-state index in [0.29, 0.717) is 0 Å². The van der Waals surface area contributed by atoms with Crippen LogP contribution < -0.4 is 16.0 Å². The molecule has 1 fully saturated rings. The van der Waals surface area contributed by atoms with Crippen LogP contribution in [0, 0.1) is 0 Å². The second kappa shape index (κ2) is 11.6. The molecule has 3 unspecified atom stereocenters. The summed E-state index contributed by atoms with van der Waals surface area (Å²) in [6, 6.07) is 54.7. The lowest BCUT2D eigenvalue weighted by molar-refractivity contribution is 0.204. The molecule has 0 bridgehead atoms. The molecular weight excluding hydrogens is 663 g/mol. The lowest BCUT2D eigenvalue weighted by Gasteiger charge is -2.39. The highest BCUT2D eigenvalue weighted by Crippen LogP contribution is 2.43. The minimum absolute atomic E-state index is 0.0407. The molecule has 0 spiro atoms. The molecule has 1 aliphatic heterocycles. The quantitative estimate of drug-likeness (QED) is 0.172. The van der Waals surface area contributed by atoms with Gasteiger partial charge in [0, 0.05) is 62.2 Å². The van der Waals surface area contributed by atoms with Gasteiger partial charge in [-0.3, -0.25) is 16.0 Å². The topological polar surface area (TPSA) is 49.2 Å². The van der Waals surface area contributed by atoms with E-state index in [1.807, 2.05) is 34.8 Å². The zero-order chi connectivity index (χ0) is 33.5. The van der Waals surface area contributed by atoms with Gasteiger partial charge in [-0.1, -0.05) is 121 Å². The lowest BCUT2D eigenvalue weighted by atomic mass is 9.99. The van der Waals surface area contributed by atoms with Gasteiger partial charge in [0.25, 0.3) is 0 Å². The number of furan rings is 1. The summed E-state index contributed by atoms with van der Waals surface area (Å²) in [5.41, 5.74) is 7.84. The Balaban J connectivity index is 1.01. The molecule has 0 amide bonds. The molecule has 6 heteroatoms. The number of nitrogens with one attached hydrogen (secondary N) is 3. The molecule has 3 atom stereocenters. The largest absolute Gasteiger partial charge is 0.455 e. The van der Waals surface area contributed by atoms with Crippen molar-refractivity contribution < 1.29 is 4.42 Å². The van der Waals surface area contributed by atoms with Crippen LogP contribution in [0.2, 0.25) is 0 Å². The maximum atomic E-state index is 6.43. The molecule has 10 aromatic rings. The Morgan fingerprint density at radius 3 is 2.06 bits per heavy atom. The number of hydrogen-bond donors (Lipinski definition) is 3. The van der Waals surface area contributed by atoms with E-state index in [1.165, 1.54) is 57.0 Å². The van der Waals surface area contributed by atoms with Crippen molar-refractivity contribution in [3.8, 4) is 11.1 Å². The van der Waals surface area contributed by atoms with Crippen molar-refractivity contribution in [2.45, 2.75) is 18.5 Å². The van der Waals surface area contributed by atoms with Crippen LogP contribution in [0.1, 0.15) is 35.2 Å². The zero-order valence-electron chi connectivity index (χ0n) is 27.4. The molecular formula is C45H31N3OS2. The van der Waals surface area contributed by atoms with E-state index in [4.69, 9.17) is 4.42 Å². The first-order chi connectivity index (χ1) is 25.2. The third-order valence-corrected chi connectivity index (χ3v) is 12.8. The van der Waals surface area contributed by atoms with E-state index >= 15 is 0 Å². The van der Waals surface area contributed by atoms with Crippen LogP contribution >= 0.6 is 22.7 Å². The van der Waals surface area contributed by atoms with Gasteiger partial charge in [0.1, 0.15) is 11.2 Å². The number of fused-ring (bicyclic) bond motifs is 9. The summed E-state index contributed by atoms with van der Waals surface area (Å²) in [4.78, 5) is 0. The summed E-state index contributed by atoms with van der Waals surface area (Å²) in [6.45, 7) is 0. The summed E-state index contributed by atoms with van der Waals surface area (Å²) in [5.74, 6) is 0. The zero-order valence-corrected chi connectivity index (χ0v) is 29.0. The third kappa shape index (κ3) is 4.76. The number of rotatable bonds is 4. The first-order valence-electron chi connectivity index (χ1n) is 17.4. The lowest BCUT2D eigenvalue weighted by Crippen LogP contribution is -2.54. The smallest absolute Gasteiger partial charge is 0.143 e. The highest BCUT2D eigenvalue weighted by molar-refractivity contribution is 7.26. The van der Waals surface area contributed by atoms with Crippen LogP contribution in [0.25, 0.3) is 73.4 Å². The molecule has 0 saturated carbocycles. The minimum Gasteiger partial charge on any atom is -0.455 e. The molecule has 11 rings (SSSR count). The van der Waals surface area contributed by atoms with Crippen LogP contribution in [-0.4, -0.2) is 0 Å². The average Bonchev–Trinajstić information content (AvgIpc) is 3.88. The van der Waals surface area contributed by atoms with Gasteiger partial charge in [0.2, 0.25) is 0 Å². The number of benzene rings is 7. The molecule has 3 aromatic heterocycles. The Morgan fingerprint density at radius 1 is 0.431 bits per heavy atom. The molecule has 7 aromatic carbocycles. The van der Waals surface area contributed by atoms with Gasteiger partial charge >= 0.3 is 0 Å². The molecule has 1 saturated heterocycles. The normalized spacial score (nSPS) is 18.2. The Kier molecular flexibility index (Phi) is 6.69. The average molecular weight is 694 g/mol. The van der Waals surface area contributed by atoms with E-state index < -0.39 is 0 Å². The van der Waals surface area contributed by atoms with Gasteiger partial charge < -0.3 is 4.42 Å². The van der Waals surface area contributed by atoms with E-state index in [0.717, 1.165) is 33.1 Å². The standard InChI is InChI=1S/C45H31N3OS2/c1-2-10-26(11-3-1)43-46-44(28-20-22-32-31-13-5-7-19-38(31)50-40(32)25-28)48-45(47-43)35-17-9-16-34-36-24-27(21-23-39(36)51-42(34)35)29-14-8-15-33-30-12-4-6-18-37(30)49-41(29)33/h1-25,43-48H. The van der Waals surface area contributed by atoms with Crippen molar-refractivity contribution in [3.05, 3.63) is 168 Å². The van der Waals surface area contributed by atoms with Crippen LogP contribution in [0.3, 0.4) is 0 Å². The van der Waals surface area contributed by atoms with Gasteiger partial charge in [-0.15, -0.1) is 22.7 Å². The summed E-state index contributed by atoms with van der Waals surface area (Å²) in [6.07, 6.45) is -0.183. The van der Waals surface area contributed by atoms with Crippen LogP contribution in [0.4, 0.5) is 0 Å². The van der Waals surface area contributed by atoms with Gasteiger partial charge in [0.15, 0.2) is 0 Å². The van der Waals surface area contributed by atoms with Crippen LogP contribution in [-0.2, 0) is 0 Å². The maximum absolute atomic E-state index is 6.43. The molecule has 0 aliphatic carbocycles. The fraction of sp³-hybridized carbons (Fsp3) is 0.0667. The summed E-state index contributed by atoms with van der Waals surface area (Å²) in [5, 5.41) is 19.3. The third-order valence-electron chi connectivity index (χ3n) is 10.4. The fourth-order valence-corrected chi connectivity index (χ4v) is 10.3. The molecule has 0 radical (unpaired) electrons. The van der Waals surface area contributed by atoms with Crippen molar-refractivity contribution >= 4 is 85.0 Å². The Labute approximate surface area is 302 Å². The van der Waals surface area contributed by atoms with Crippen molar-refractivity contribution in [1.29, 1.82) is 0 Å². The van der Waals surface area contributed by atoms with Crippen molar-refractivity contribution in [1.82, 2.24) is 16.0 Å². The Hall–Kier alpha value is -5.34. The maximum Gasteiger partial charge on any atom is 0.143 e. The van der Waals surface area contributed by atoms with Gasteiger partial charge in [-0.05, 0) is 47.0 Å². The second-order valence-electron chi connectivity index (χ2n) is 13.4. The Morgan fingerprint density at radius 2 is 1.14 bits per heavy atom. The van der Waals surface area contributed by atoms with E-state index in [9.17, 15) is 0 Å². The molecule has 1 aliphatic rings. The number of thiophene rings is 2. The first kappa shape index (κ1) is 29.4. The Bertz CT molecular complexity index is 2940. The second-order valence-corrected chi connectivity index (χ2v) is 15.5. The van der Waals surface area contributed by atoms with E-state index in [2.05, 4.69) is 155 Å². The van der Waals surface area contributed by atoms with Crippen LogP contribution in [0.5, 0.6) is 0 Å². The SMILES string of the molecule is c1ccc(C2NC(c3ccc4c(c3)sc3ccccc34)NC(c3cccc4c3sc3ccc(-c5cccc6c5oc5ccccc56)cc34)N2)cc1. The minimum atomic E-state index is -0.0832. The highest BCUT2D eigenvalue weighted by atomic mass is 32.1. The molecule has 4 nitrogen and oxygen atoms in total.